The number of ether oxygens (including phenoxy) is 1. The molecule has 0 radical (unpaired) electrons. The minimum atomic E-state index is -0.0964. The summed E-state index contributed by atoms with van der Waals surface area (Å²) in [6, 6.07) is 0. The third-order valence-corrected chi connectivity index (χ3v) is 3.94. The average Bonchev–Trinajstić information content (AvgIpc) is 2.35. The van der Waals surface area contributed by atoms with E-state index in [1.807, 2.05) is 0 Å². The van der Waals surface area contributed by atoms with E-state index in [0.29, 0.717) is 5.92 Å². The van der Waals surface area contributed by atoms with Gasteiger partial charge >= 0.3 is 5.97 Å². The zero-order valence-electron chi connectivity index (χ0n) is 12.2. The normalized spacial score (nSPS) is 20.1. The minimum absolute atomic E-state index is 0.0266. The molecule has 0 aromatic carbocycles. The van der Waals surface area contributed by atoms with Crippen LogP contribution in [0, 0.1) is 17.8 Å². The van der Waals surface area contributed by atoms with Crippen molar-refractivity contribution < 1.29 is 9.53 Å². The Morgan fingerprint density at radius 3 is 2.50 bits per heavy atom. The topological polar surface area (TPSA) is 41.6 Å². The molecule has 1 saturated heterocycles. The van der Waals surface area contributed by atoms with E-state index in [-0.39, 0.29) is 11.9 Å². The van der Waals surface area contributed by atoms with Crippen molar-refractivity contribution in [2.24, 2.45) is 17.8 Å². The quantitative estimate of drug-likeness (QED) is 0.729. The fourth-order valence-corrected chi connectivity index (χ4v) is 2.45. The van der Waals surface area contributed by atoms with E-state index >= 15 is 0 Å². The molecule has 0 aromatic rings. The second kappa shape index (κ2) is 7.74. The van der Waals surface area contributed by atoms with Crippen molar-refractivity contribution in [1.82, 2.24) is 10.2 Å². The predicted molar refractivity (Wildman–Crippen MR) is 73.4 cm³/mol. The maximum atomic E-state index is 11.6. The zero-order valence-corrected chi connectivity index (χ0v) is 12.2. The Kier molecular flexibility index (Phi) is 6.65. The van der Waals surface area contributed by atoms with Gasteiger partial charge in [-0.15, -0.1) is 0 Å². The molecule has 0 amide bonds. The number of hydrogen-bond acceptors (Lipinski definition) is 4. The summed E-state index contributed by atoms with van der Waals surface area (Å²) in [4.78, 5) is 14.0. The summed E-state index contributed by atoms with van der Waals surface area (Å²) in [6.07, 6.45) is 2.52. The largest absolute Gasteiger partial charge is 0.469 e. The number of esters is 1. The fourth-order valence-electron chi connectivity index (χ4n) is 2.45. The Bertz CT molecular complexity index is 248. The summed E-state index contributed by atoms with van der Waals surface area (Å²) in [5, 5.41) is 3.45. The third kappa shape index (κ3) is 4.94. The molecule has 1 N–H and O–H groups in total. The van der Waals surface area contributed by atoms with E-state index in [1.54, 1.807) is 0 Å². The molecular formula is C14H28N2O2. The number of nitrogens with one attached hydrogen (secondary N) is 1. The van der Waals surface area contributed by atoms with Gasteiger partial charge in [-0.1, -0.05) is 13.8 Å². The van der Waals surface area contributed by atoms with Gasteiger partial charge in [0.25, 0.3) is 0 Å². The Balaban J connectivity index is 2.24. The van der Waals surface area contributed by atoms with Crippen LogP contribution in [0.3, 0.4) is 0 Å². The second-order valence-corrected chi connectivity index (χ2v) is 5.78. The molecule has 1 unspecified atom stereocenters. The lowest BCUT2D eigenvalue weighted by molar-refractivity contribution is -0.146. The summed E-state index contributed by atoms with van der Waals surface area (Å²) >= 11 is 0. The molecule has 0 aromatic heterocycles. The van der Waals surface area contributed by atoms with Crippen LogP contribution in [-0.4, -0.2) is 51.2 Å². The number of carbonyl (C=O) groups excluding carboxylic acids is 1. The standard InChI is InChI=1S/C14H28N2O2/c1-11(2)13(14(17)18-4)10-15-9-12-5-7-16(3)8-6-12/h11-13,15H,5-10H2,1-4H3. The maximum Gasteiger partial charge on any atom is 0.310 e. The van der Waals surface area contributed by atoms with Crippen LogP contribution >= 0.6 is 0 Å². The van der Waals surface area contributed by atoms with Gasteiger partial charge < -0.3 is 15.0 Å². The SMILES string of the molecule is COC(=O)C(CNCC1CCN(C)CC1)C(C)C. The molecule has 0 bridgehead atoms. The number of piperidine rings is 1. The van der Waals surface area contributed by atoms with E-state index in [2.05, 4.69) is 31.1 Å². The lowest BCUT2D eigenvalue weighted by Crippen LogP contribution is -2.38. The molecule has 0 aliphatic carbocycles. The predicted octanol–water partition coefficient (Wildman–Crippen LogP) is 1.36. The number of carbonyl (C=O) groups is 1. The Morgan fingerprint density at radius 2 is 2.00 bits per heavy atom. The molecule has 0 saturated carbocycles. The number of nitrogens with zero attached hydrogens (tertiary/aromatic N) is 1. The summed E-state index contributed by atoms with van der Waals surface area (Å²) in [5.41, 5.74) is 0. The van der Waals surface area contributed by atoms with Crippen molar-refractivity contribution >= 4 is 5.97 Å². The highest BCUT2D eigenvalue weighted by atomic mass is 16.5. The van der Waals surface area contributed by atoms with Crippen LogP contribution in [0.5, 0.6) is 0 Å². The van der Waals surface area contributed by atoms with E-state index in [4.69, 9.17) is 4.74 Å². The van der Waals surface area contributed by atoms with Gasteiger partial charge in [0.1, 0.15) is 0 Å². The number of hydrogen-bond donors (Lipinski definition) is 1. The van der Waals surface area contributed by atoms with Crippen LogP contribution in [0.1, 0.15) is 26.7 Å². The Hall–Kier alpha value is -0.610. The first kappa shape index (κ1) is 15.4. The van der Waals surface area contributed by atoms with E-state index in [9.17, 15) is 4.79 Å². The lowest BCUT2D eigenvalue weighted by atomic mass is 9.94. The number of methoxy groups -OCH3 is 1. The fraction of sp³-hybridized carbons (Fsp3) is 0.929. The van der Waals surface area contributed by atoms with Crippen molar-refractivity contribution in [2.45, 2.75) is 26.7 Å². The van der Waals surface area contributed by atoms with Crippen molar-refractivity contribution in [1.29, 1.82) is 0 Å². The molecule has 1 fully saturated rings. The van der Waals surface area contributed by atoms with E-state index in [0.717, 1.165) is 19.0 Å². The zero-order chi connectivity index (χ0) is 13.5. The number of rotatable bonds is 6. The molecule has 1 heterocycles. The molecule has 4 nitrogen and oxygen atoms in total. The Labute approximate surface area is 111 Å². The summed E-state index contributed by atoms with van der Waals surface area (Å²) in [7, 11) is 3.64. The monoisotopic (exact) mass is 256 g/mol. The molecule has 1 aliphatic heterocycles. The van der Waals surface area contributed by atoms with Gasteiger partial charge in [0.05, 0.1) is 13.0 Å². The smallest absolute Gasteiger partial charge is 0.310 e. The van der Waals surface area contributed by atoms with Crippen molar-refractivity contribution in [3.63, 3.8) is 0 Å². The first-order valence-electron chi connectivity index (χ1n) is 7.01. The van der Waals surface area contributed by atoms with Crippen LogP contribution in [0.4, 0.5) is 0 Å². The maximum absolute atomic E-state index is 11.6. The lowest BCUT2D eigenvalue weighted by Gasteiger charge is -2.29. The molecule has 1 atom stereocenters. The van der Waals surface area contributed by atoms with Crippen LogP contribution in [0.15, 0.2) is 0 Å². The van der Waals surface area contributed by atoms with Gasteiger partial charge in [0.15, 0.2) is 0 Å². The van der Waals surface area contributed by atoms with Crippen molar-refractivity contribution in [3.8, 4) is 0 Å². The average molecular weight is 256 g/mol. The van der Waals surface area contributed by atoms with Crippen LogP contribution in [0.2, 0.25) is 0 Å². The van der Waals surface area contributed by atoms with Gasteiger partial charge in [-0.3, -0.25) is 4.79 Å². The molecule has 1 rings (SSSR count). The highest BCUT2D eigenvalue weighted by Crippen LogP contribution is 2.16. The molecular weight excluding hydrogens is 228 g/mol. The molecule has 4 heteroatoms. The first-order chi connectivity index (χ1) is 8.54. The number of likely N-dealkylation sites (tertiary alicyclic amines) is 1. The highest BCUT2D eigenvalue weighted by molar-refractivity contribution is 5.72. The third-order valence-electron chi connectivity index (χ3n) is 3.94. The van der Waals surface area contributed by atoms with E-state index < -0.39 is 0 Å². The molecule has 18 heavy (non-hydrogen) atoms. The summed E-state index contributed by atoms with van der Waals surface area (Å²) < 4.78 is 4.84. The first-order valence-corrected chi connectivity index (χ1v) is 7.01. The molecule has 1 aliphatic rings. The van der Waals surface area contributed by atoms with E-state index in [1.165, 1.54) is 33.0 Å². The van der Waals surface area contributed by atoms with Gasteiger partial charge in [-0.2, -0.15) is 0 Å². The van der Waals surface area contributed by atoms with Gasteiger partial charge in [0.2, 0.25) is 0 Å². The molecule has 106 valence electrons. The van der Waals surface area contributed by atoms with Crippen molar-refractivity contribution in [2.75, 3.05) is 40.3 Å². The van der Waals surface area contributed by atoms with Gasteiger partial charge in [0, 0.05) is 6.54 Å². The Morgan fingerprint density at radius 1 is 1.39 bits per heavy atom. The minimum Gasteiger partial charge on any atom is -0.469 e. The van der Waals surface area contributed by atoms with Gasteiger partial charge in [-0.25, -0.2) is 0 Å². The molecule has 0 spiro atoms. The second-order valence-electron chi connectivity index (χ2n) is 5.78. The van der Waals surface area contributed by atoms with Crippen LogP contribution in [0.25, 0.3) is 0 Å². The summed E-state index contributed by atoms with van der Waals surface area (Å²) in [6.45, 7) is 8.27. The van der Waals surface area contributed by atoms with Crippen LogP contribution < -0.4 is 5.32 Å². The van der Waals surface area contributed by atoms with Crippen LogP contribution in [-0.2, 0) is 9.53 Å². The van der Waals surface area contributed by atoms with Crippen molar-refractivity contribution in [3.05, 3.63) is 0 Å². The highest BCUT2D eigenvalue weighted by Gasteiger charge is 2.23. The summed E-state index contributed by atoms with van der Waals surface area (Å²) in [5.74, 6) is 0.955. The van der Waals surface area contributed by atoms with Gasteiger partial charge in [-0.05, 0) is 51.4 Å².